The largest absolute Gasteiger partial charge is 0.350 e. The lowest BCUT2D eigenvalue weighted by Gasteiger charge is -2.15. The van der Waals surface area contributed by atoms with Crippen LogP contribution in [0.5, 0.6) is 0 Å². The minimum absolute atomic E-state index is 0.0914. The third-order valence-electron chi connectivity index (χ3n) is 4.72. The third-order valence-corrected chi connectivity index (χ3v) is 5.04. The zero-order valence-corrected chi connectivity index (χ0v) is 16.3. The lowest BCUT2D eigenvalue weighted by atomic mass is 10.0. The molecule has 0 fully saturated rings. The SMILES string of the molecule is CCc1ccc(C(C)NC(=O)CCn2c(=S)[nH]c3ccccc3c2=O)cc1. The van der Waals surface area contributed by atoms with Gasteiger partial charge in [-0.25, -0.2) is 0 Å². The topological polar surface area (TPSA) is 66.9 Å². The molecule has 1 atom stereocenters. The number of para-hydroxylation sites is 1. The van der Waals surface area contributed by atoms with Crippen LogP contribution in [-0.2, 0) is 17.8 Å². The number of fused-ring (bicyclic) bond motifs is 1. The number of amides is 1. The van der Waals surface area contributed by atoms with Gasteiger partial charge in [-0.2, -0.15) is 0 Å². The quantitative estimate of drug-likeness (QED) is 0.637. The standard InChI is InChI=1S/C21H23N3O2S/c1-3-15-8-10-16(11-9-15)14(2)22-19(25)12-13-24-20(26)17-6-4-5-7-18(17)23-21(24)27/h4-11,14H,3,12-13H2,1-2H3,(H,22,25)(H,23,27). The van der Waals surface area contributed by atoms with E-state index in [0.29, 0.717) is 15.7 Å². The van der Waals surface area contributed by atoms with Gasteiger partial charge in [0.1, 0.15) is 0 Å². The van der Waals surface area contributed by atoms with Crippen molar-refractivity contribution in [2.75, 3.05) is 0 Å². The van der Waals surface area contributed by atoms with Crippen molar-refractivity contribution in [1.82, 2.24) is 14.9 Å². The highest BCUT2D eigenvalue weighted by atomic mass is 32.1. The van der Waals surface area contributed by atoms with Crippen molar-refractivity contribution in [1.29, 1.82) is 0 Å². The molecule has 0 bridgehead atoms. The number of aromatic nitrogens is 2. The van der Waals surface area contributed by atoms with Crippen LogP contribution >= 0.6 is 12.2 Å². The Morgan fingerprint density at radius 3 is 2.59 bits per heavy atom. The number of carbonyl (C=O) groups is 1. The van der Waals surface area contributed by atoms with Crippen molar-refractivity contribution in [3.8, 4) is 0 Å². The molecule has 1 amide bonds. The normalized spacial score (nSPS) is 12.1. The number of carbonyl (C=O) groups excluding carboxylic acids is 1. The van der Waals surface area contributed by atoms with Crippen LogP contribution in [-0.4, -0.2) is 15.5 Å². The molecule has 2 N–H and O–H groups in total. The molecule has 3 rings (SSSR count). The minimum atomic E-state index is -0.176. The van der Waals surface area contributed by atoms with Crippen LogP contribution in [0.25, 0.3) is 10.9 Å². The van der Waals surface area contributed by atoms with E-state index in [4.69, 9.17) is 12.2 Å². The molecule has 0 saturated heterocycles. The van der Waals surface area contributed by atoms with Crippen LogP contribution in [0.2, 0.25) is 0 Å². The van der Waals surface area contributed by atoms with Gasteiger partial charge in [0.05, 0.1) is 16.9 Å². The van der Waals surface area contributed by atoms with Crippen molar-refractivity contribution < 1.29 is 4.79 Å². The van der Waals surface area contributed by atoms with Gasteiger partial charge in [0.15, 0.2) is 4.77 Å². The van der Waals surface area contributed by atoms with Gasteiger partial charge in [0.25, 0.3) is 5.56 Å². The van der Waals surface area contributed by atoms with Crippen LogP contribution < -0.4 is 10.9 Å². The van der Waals surface area contributed by atoms with E-state index in [1.54, 1.807) is 6.07 Å². The molecule has 0 saturated carbocycles. The lowest BCUT2D eigenvalue weighted by Crippen LogP contribution is -2.30. The summed E-state index contributed by atoms with van der Waals surface area (Å²) in [6.45, 7) is 4.31. The van der Waals surface area contributed by atoms with Gasteiger partial charge in [-0.1, -0.05) is 43.3 Å². The highest BCUT2D eigenvalue weighted by Gasteiger charge is 2.11. The van der Waals surface area contributed by atoms with E-state index in [2.05, 4.69) is 29.4 Å². The fraction of sp³-hybridized carbons (Fsp3) is 0.286. The predicted molar refractivity (Wildman–Crippen MR) is 110 cm³/mol. The summed E-state index contributed by atoms with van der Waals surface area (Å²) in [6, 6.07) is 15.4. The molecule has 140 valence electrons. The summed E-state index contributed by atoms with van der Waals surface area (Å²) in [6.07, 6.45) is 1.18. The summed E-state index contributed by atoms with van der Waals surface area (Å²) in [5.74, 6) is -0.114. The first-order chi connectivity index (χ1) is 13.0. The van der Waals surface area contributed by atoms with Gasteiger partial charge in [-0.3, -0.25) is 14.2 Å². The van der Waals surface area contributed by atoms with E-state index in [1.165, 1.54) is 10.1 Å². The van der Waals surface area contributed by atoms with E-state index in [9.17, 15) is 9.59 Å². The maximum absolute atomic E-state index is 12.6. The van der Waals surface area contributed by atoms with Crippen molar-refractivity contribution in [3.63, 3.8) is 0 Å². The molecule has 1 aromatic heterocycles. The molecule has 0 aliphatic rings. The molecule has 0 aliphatic carbocycles. The Hall–Kier alpha value is -2.73. The molecule has 3 aromatic rings. The molecule has 0 radical (unpaired) electrons. The van der Waals surface area contributed by atoms with E-state index in [0.717, 1.165) is 12.0 Å². The Balaban J connectivity index is 1.67. The predicted octanol–water partition coefficient (Wildman–Crippen LogP) is 3.89. The van der Waals surface area contributed by atoms with Gasteiger partial charge in [0, 0.05) is 13.0 Å². The number of nitrogens with one attached hydrogen (secondary N) is 2. The first-order valence-corrected chi connectivity index (χ1v) is 9.50. The van der Waals surface area contributed by atoms with Crippen LogP contribution in [0, 0.1) is 4.77 Å². The van der Waals surface area contributed by atoms with Gasteiger partial charge in [-0.15, -0.1) is 0 Å². The minimum Gasteiger partial charge on any atom is -0.350 e. The Morgan fingerprint density at radius 2 is 1.89 bits per heavy atom. The lowest BCUT2D eigenvalue weighted by molar-refractivity contribution is -0.122. The molecule has 0 aliphatic heterocycles. The van der Waals surface area contributed by atoms with Crippen molar-refractivity contribution in [2.45, 2.75) is 39.3 Å². The van der Waals surface area contributed by atoms with Crippen molar-refractivity contribution in [3.05, 3.63) is 74.8 Å². The van der Waals surface area contributed by atoms with Crippen LogP contribution in [0.4, 0.5) is 0 Å². The number of hydrogen-bond acceptors (Lipinski definition) is 3. The average Bonchev–Trinajstić information content (AvgIpc) is 2.67. The second-order valence-electron chi connectivity index (χ2n) is 6.57. The number of benzene rings is 2. The number of nitrogens with zero attached hydrogens (tertiary/aromatic N) is 1. The second-order valence-corrected chi connectivity index (χ2v) is 6.95. The molecule has 0 spiro atoms. The highest BCUT2D eigenvalue weighted by molar-refractivity contribution is 7.71. The number of rotatable bonds is 6. The zero-order valence-electron chi connectivity index (χ0n) is 15.5. The van der Waals surface area contributed by atoms with E-state index < -0.39 is 0 Å². The first-order valence-electron chi connectivity index (χ1n) is 9.09. The number of hydrogen-bond donors (Lipinski definition) is 2. The average molecular weight is 382 g/mol. The molecular weight excluding hydrogens is 358 g/mol. The van der Waals surface area contributed by atoms with Crippen LogP contribution in [0.3, 0.4) is 0 Å². The van der Waals surface area contributed by atoms with Gasteiger partial charge in [0.2, 0.25) is 5.91 Å². The fourth-order valence-electron chi connectivity index (χ4n) is 3.05. The van der Waals surface area contributed by atoms with Gasteiger partial charge in [-0.05, 0) is 48.8 Å². The summed E-state index contributed by atoms with van der Waals surface area (Å²) in [5, 5.41) is 3.55. The molecule has 1 unspecified atom stereocenters. The summed E-state index contributed by atoms with van der Waals surface area (Å²) in [5.41, 5.74) is 2.85. The first kappa shape index (κ1) is 19.0. The Morgan fingerprint density at radius 1 is 1.19 bits per heavy atom. The Kier molecular flexibility index (Phi) is 5.86. The monoisotopic (exact) mass is 381 g/mol. The zero-order chi connectivity index (χ0) is 19.4. The summed E-state index contributed by atoms with van der Waals surface area (Å²) in [7, 11) is 0. The molecule has 27 heavy (non-hydrogen) atoms. The van der Waals surface area contributed by atoms with E-state index >= 15 is 0 Å². The third kappa shape index (κ3) is 4.34. The number of aromatic amines is 1. The second kappa shape index (κ2) is 8.31. The highest BCUT2D eigenvalue weighted by Crippen LogP contribution is 2.14. The summed E-state index contributed by atoms with van der Waals surface area (Å²) >= 11 is 5.28. The summed E-state index contributed by atoms with van der Waals surface area (Å²) < 4.78 is 1.77. The van der Waals surface area contributed by atoms with Crippen molar-refractivity contribution in [2.24, 2.45) is 0 Å². The van der Waals surface area contributed by atoms with E-state index in [1.807, 2.05) is 37.3 Å². The number of H-pyrrole nitrogens is 1. The maximum atomic E-state index is 12.6. The van der Waals surface area contributed by atoms with Crippen LogP contribution in [0.15, 0.2) is 53.3 Å². The van der Waals surface area contributed by atoms with E-state index in [-0.39, 0.29) is 30.5 Å². The Labute approximate surface area is 163 Å². The van der Waals surface area contributed by atoms with Gasteiger partial charge < -0.3 is 10.3 Å². The maximum Gasteiger partial charge on any atom is 0.262 e. The molecule has 1 heterocycles. The Bertz CT molecular complexity index is 1070. The molecule has 2 aromatic carbocycles. The molecule has 6 heteroatoms. The summed E-state index contributed by atoms with van der Waals surface area (Å²) in [4.78, 5) is 28.0. The molecule has 5 nitrogen and oxygen atoms in total. The molecular formula is C21H23N3O2S. The van der Waals surface area contributed by atoms with Gasteiger partial charge >= 0.3 is 0 Å². The van der Waals surface area contributed by atoms with Crippen molar-refractivity contribution >= 4 is 29.0 Å². The number of aryl methyl sites for hydroxylation is 1. The fourth-order valence-corrected chi connectivity index (χ4v) is 3.34. The van der Waals surface area contributed by atoms with Crippen LogP contribution in [0.1, 0.15) is 37.4 Å². The smallest absolute Gasteiger partial charge is 0.262 e.